The fourth-order valence-electron chi connectivity index (χ4n) is 5.03. The number of hydrogen-bond donors (Lipinski definition) is 2. The molecule has 0 spiro atoms. The van der Waals surface area contributed by atoms with E-state index < -0.39 is 0 Å². The third kappa shape index (κ3) is 3.25. The quantitative estimate of drug-likeness (QED) is 0.869. The third-order valence-electron chi connectivity index (χ3n) is 6.76. The van der Waals surface area contributed by atoms with Crippen LogP contribution in [0.1, 0.15) is 48.3 Å². The molecular weight excluding hydrogens is 340 g/mol. The predicted molar refractivity (Wildman–Crippen MR) is 103 cm³/mol. The van der Waals surface area contributed by atoms with Gasteiger partial charge < -0.3 is 15.0 Å². The van der Waals surface area contributed by atoms with Crippen LogP contribution in [0.15, 0.2) is 18.2 Å². The van der Waals surface area contributed by atoms with Crippen molar-refractivity contribution in [3.63, 3.8) is 0 Å². The number of aliphatic hydroxyl groups is 1. The van der Waals surface area contributed by atoms with E-state index in [9.17, 15) is 9.90 Å². The zero-order valence-corrected chi connectivity index (χ0v) is 15.7. The second-order valence-electron chi connectivity index (χ2n) is 8.63. The van der Waals surface area contributed by atoms with E-state index in [1.807, 2.05) is 18.2 Å². The number of nitrogens with zero attached hydrogens (tertiary/aromatic N) is 3. The number of carbonyl (C=O) groups excluding carboxylic acids is 1. The fraction of sp³-hybridized carbons (Fsp3) is 0.619. The van der Waals surface area contributed by atoms with Crippen molar-refractivity contribution in [2.75, 3.05) is 26.2 Å². The summed E-state index contributed by atoms with van der Waals surface area (Å²) in [7, 11) is 0. The number of benzene rings is 1. The van der Waals surface area contributed by atoms with E-state index in [-0.39, 0.29) is 12.5 Å². The molecule has 2 bridgehead atoms. The van der Waals surface area contributed by atoms with Crippen LogP contribution in [0.2, 0.25) is 0 Å². The normalized spacial score (nSPS) is 26.3. The van der Waals surface area contributed by atoms with Crippen molar-refractivity contribution in [1.29, 1.82) is 0 Å². The highest BCUT2D eigenvalue weighted by atomic mass is 16.3. The summed E-state index contributed by atoms with van der Waals surface area (Å²) < 4.78 is 0. The Bertz CT molecular complexity index is 844. The number of imidazole rings is 1. The van der Waals surface area contributed by atoms with Crippen molar-refractivity contribution in [2.24, 2.45) is 11.8 Å². The number of piperidine rings is 1. The van der Waals surface area contributed by atoms with Crippen LogP contribution < -0.4 is 0 Å². The number of rotatable bonds is 4. The van der Waals surface area contributed by atoms with Crippen molar-refractivity contribution in [3.8, 4) is 0 Å². The maximum atomic E-state index is 13.2. The first-order chi connectivity index (χ1) is 13.2. The van der Waals surface area contributed by atoms with Gasteiger partial charge in [-0.25, -0.2) is 4.98 Å². The van der Waals surface area contributed by atoms with Gasteiger partial charge in [0.25, 0.3) is 5.91 Å². The van der Waals surface area contributed by atoms with Crippen LogP contribution >= 0.6 is 0 Å². The molecule has 0 radical (unpaired) electrons. The van der Waals surface area contributed by atoms with Gasteiger partial charge >= 0.3 is 0 Å². The Morgan fingerprint density at radius 1 is 1.19 bits per heavy atom. The largest absolute Gasteiger partial charge is 0.388 e. The summed E-state index contributed by atoms with van der Waals surface area (Å²) in [6.45, 7) is 3.99. The summed E-state index contributed by atoms with van der Waals surface area (Å²) in [5, 5.41) is 9.25. The van der Waals surface area contributed by atoms with E-state index >= 15 is 0 Å². The van der Waals surface area contributed by atoms with Crippen LogP contribution in [0.3, 0.4) is 0 Å². The number of aromatic amines is 1. The number of nitrogens with one attached hydrogen (secondary N) is 1. The molecule has 6 nitrogen and oxygen atoms in total. The van der Waals surface area contributed by atoms with Crippen LogP contribution in [0.25, 0.3) is 11.0 Å². The average Bonchev–Trinajstić information content (AvgIpc) is 2.85. The highest BCUT2D eigenvalue weighted by Gasteiger charge is 2.38. The Hall–Kier alpha value is -1.92. The topological polar surface area (TPSA) is 72.5 Å². The van der Waals surface area contributed by atoms with Gasteiger partial charge in [-0.1, -0.05) is 6.42 Å². The summed E-state index contributed by atoms with van der Waals surface area (Å²) in [5.41, 5.74) is 2.31. The van der Waals surface area contributed by atoms with Gasteiger partial charge in [0.1, 0.15) is 12.4 Å². The van der Waals surface area contributed by atoms with Crippen molar-refractivity contribution in [2.45, 2.75) is 44.8 Å². The van der Waals surface area contributed by atoms with Gasteiger partial charge in [0.2, 0.25) is 0 Å². The van der Waals surface area contributed by atoms with Crippen molar-refractivity contribution < 1.29 is 9.90 Å². The van der Waals surface area contributed by atoms with Crippen LogP contribution in [0.5, 0.6) is 0 Å². The van der Waals surface area contributed by atoms with Crippen LogP contribution in [-0.4, -0.2) is 63.0 Å². The Morgan fingerprint density at radius 3 is 2.85 bits per heavy atom. The summed E-state index contributed by atoms with van der Waals surface area (Å²) in [4.78, 5) is 25.4. The molecule has 1 saturated carbocycles. The molecule has 6 rings (SSSR count). The molecule has 2 aromatic rings. The van der Waals surface area contributed by atoms with Gasteiger partial charge in [-0.05, 0) is 55.7 Å². The van der Waals surface area contributed by atoms with Gasteiger partial charge in [0.05, 0.1) is 11.0 Å². The number of fused-ring (bicyclic) bond motifs is 5. The van der Waals surface area contributed by atoms with Gasteiger partial charge in [0.15, 0.2) is 0 Å². The van der Waals surface area contributed by atoms with E-state index in [0.717, 1.165) is 36.6 Å². The molecule has 4 fully saturated rings. The second kappa shape index (κ2) is 6.91. The molecule has 1 aromatic carbocycles. The summed E-state index contributed by atoms with van der Waals surface area (Å²) >= 11 is 0. The van der Waals surface area contributed by atoms with Gasteiger partial charge in [0, 0.05) is 37.8 Å². The number of hydrogen-bond acceptors (Lipinski definition) is 4. The summed E-state index contributed by atoms with van der Waals surface area (Å²) in [6.07, 6.45) is 6.63. The van der Waals surface area contributed by atoms with Crippen LogP contribution in [0.4, 0.5) is 0 Å². The highest BCUT2D eigenvalue weighted by molar-refractivity contribution is 5.97. The lowest BCUT2D eigenvalue weighted by Gasteiger charge is -2.40. The van der Waals surface area contributed by atoms with Crippen molar-refractivity contribution >= 4 is 16.9 Å². The van der Waals surface area contributed by atoms with E-state index in [0.29, 0.717) is 23.3 Å². The lowest BCUT2D eigenvalue weighted by molar-refractivity contribution is 0.0717. The zero-order valence-electron chi connectivity index (χ0n) is 15.7. The molecule has 4 heterocycles. The van der Waals surface area contributed by atoms with Crippen LogP contribution in [-0.2, 0) is 6.61 Å². The maximum absolute atomic E-state index is 13.2. The minimum absolute atomic E-state index is 0.121. The molecule has 2 atom stereocenters. The average molecular weight is 368 g/mol. The minimum Gasteiger partial charge on any atom is -0.388 e. The Kier molecular flexibility index (Phi) is 4.40. The molecule has 1 amide bonds. The molecule has 3 saturated heterocycles. The Labute approximate surface area is 159 Å². The second-order valence-corrected chi connectivity index (χ2v) is 8.63. The predicted octanol–water partition coefficient (Wildman–Crippen LogP) is 2.39. The zero-order chi connectivity index (χ0) is 18.4. The van der Waals surface area contributed by atoms with Gasteiger partial charge in [-0.2, -0.15) is 0 Å². The molecule has 2 N–H and O–H groups in total. The molecule has 1 aromatic heterocycles. The highest BCUT2D eigenvalue weighted by Crippen LogP contribution is 2.33. The monoisotopic (exact) mass is 368 g/mol. The SMILES string of the molecule is O=C(c1ccc2nc(CO)[nH]c2c1)N1C[C@@H]2CC[C@H](C1)N(CC1CCC1)C2. The molecule has 0 unspecified atom stereocenters. The molecule has 4 aliphatic rings. The molecule has 144 valence electrons. The first-order valence-corrected chi connectivity index (χ1v) is 10.3. The fourth-order valence-corrected chi connectivity index (χ4v) is 5.03. The number of aliphatic hydroxyl groups excluding tert-OH is 1. The van der Waals surface area contributed by atoms with E-state index in [1.165, 1.54) is 38.6 Å². The van der Waals surface area contributed by atoms with Crippen molar-refractivity contribution in [3.05, 3.63) is 29.6 Å². The lowest BCUT2D eigenvalue weighted by Crippen LogP contribution is -2.47. The van der Waals surface area contributed by atoms with E-state index in [1.54, 1.807) is 0 Å². The van der Waals surface area contributed by atoms with Gasteiger partial charge in [-0.15, -0.1) is 0 Å². The van der Waals surface area contributed by atoms with Crippen molar-refractivity contribution in [1.82, 2.24) is 19.8 Å². The maximum Gasteiger partial charge on any atom is 0.253 e. The lowest BCUT2D eigenvalue weighted by atomic mass is 9.83. The number of amides is 1. The van der Waals surface area contributed by atoms with Gasteiger partial charge in [-0.3, -0.25) is 9.69 Å². The Morgan fingerprint density at radius 2 is 2.07 bits per heavy atom. The van der Waals surface area contributed by atoms with Crippen LogP contribution in [0, 0.1) is 11.8 Å². The Balaban J connectivity index is 1.34. The summed E-state index contributed by atoms with van der Waals surface area (Å²) in [5.74, 6) is 2.15. The third-order valence-corrected chi connectivity index (χ3v) is 6.76. The number of aromatic nitrogens is 2. The smallest absolute Gasteiger partial charge is 0.253 e. The summed E-state index contributed by atoms with van der Waals surface area (Å²) in [6, 6.07) is 6.13. The molecule has 6 heteroatoms. The molecule has 1 aliphatic carbocycles. The van der Waals surface area contributed by atoms with E-state index in [2.05, 4.69) is 19.8 Å². The van der Waals surface area contributed by atoms with E-state index in [4.69, 9.17) is 0 Å². The molecule has 3 aliphatic heterocycles. The minimum atomic E-state index is -0.121. The molecular formula is C21H28N4O2. The standard InChI is InChI=1S/C21H28N4O2/c26-13-20-22-18-7-5-16(8-19(18)23-20)21(27)25-11-15-4-6-17(12-25)24(10-15)9-14-2-1-3-14/h5,7-8,14-15,17,26H,1-4,6,9-13H2,(H,22,23)/t15-,17-/m1/s1. The first-order valence-electron chi connectivity index (χ1n) is 10.3. The molecule has 27 heavy (non-hydrogen) atoms. The number of carbonyl (C=O) groups is 1. The first kappa shape index (κ1) is 17.2. The number of H-pyrrole nitrogens is 1.